The van der Waals surface area contributed by atoms with Crippen LogP contribution in [0.1, 0.15) is 46.5 Å². The van der Waals surface area contributed by atoms with Gasteiger partial charge in [-0.3, -0.25) is 4.79 Å². The number of carbonyl (C=O) groups excluding carboxylic acids is 2. The van der Waals surface area contributed by atoms with Crippen molar-refractivity contribution in [2.45, 2.75) is 69.9 Å². The molecule has 7 rings (SSSR count). The van der Waals surface area contributed by atoms with Gasteiger partial charge in [-0.05, 0) is 42.9 Å². The lowest BCUT2D eigenvalue weighted by Crippen LogP contribution is -2.71. The van der Waals surface area contributed by atoms with Crippen molar-refractivity contribution < 1.29 is 29.3 Å². The van der Waals surface area contributed by atoms with Gasteiger partial charge >= 0.3 is 5.97 Å². The Morgan fingerprint density at radius 2 is 1.93 bits per heavy atom. The van der Waals surface area contributed by atoms with Crippen molar-refractivity contribution in [1.82, 2.24) is 0 Å². The van der Waals surface area contributed by atoms with Crippen molar-refractivity contribution in [2.75, 3.05) is 6.61 Å². The lowest BCUT2D eigenvalue weighted by atomic mass is 9.43. The van der Waals surface area contributed by atoms with Gasteiger partial charge in [0.25, 0.3) is 0 Å². The zero-order valence-corrected chi connectivity index (χ0v) is 16.4. The number of aliphatic hydroxyl groups is 2. The van der Waals surface area contributed by atoms with E-state index in [0.717, 1.165) is 6.42 Å². The summed E-state index contributed by atoms with van der Waals surface area (Å²) >= 11 is 0. The number of ether oxygens (including phenoxy) is 2. The van der Waals surface area contributed by atoms with Crippen LogP contribution in [0.4, 0.5) is 0 Å². The molecule has 2 N–H and O–H groups in total. The van der Waals surface area contributed by atoms with E-state index in [0.29, 0.717) is 30.4 Å². The Morgan fingerprint density at radius 3 is 2.64 bits per heavy atom. The number of hydrogen-bond acceptors (Lipinski definition) is 6. The topological polar surface area (TPSA) is 96.4 Å². The van der Waals surface area contributed by atoms with E-state index in [2.05, 4.69) is 20.8 Å². The minimum absolute atomic E-state index is 0.0555. The summed E-state index contributed by atoms with van der Waals surface area (Å²) in [5, 5.41) is 23.5. The van der Waals surface area contributed by atoms with Crippen molar-refractivity contribution in [2.24, 2.45) is 34.0 Å². The maximum absolute atomic E-state index is 13.9. The molecule has 2 spiro atoms. The first-order valence-electron chi connectivity index (χ1n) is 10.7. The molecule has 5 aliphatic carbocycles. The minimum Gasteiger partial charge on any atom is -0.458 e. The van der Waals surface area contributed by atoms with Crippen LogP contribution in [0.15, 0.2) is 11.1 Å². The van der Waals surface area contributed by atoms with Crippen LogP contribution in [0.3, 0.4) is 0 Å². The Hall–Kier alpha value is -1.24. The van der Waals surface area contributed by atoms with Crippen molar-refractivity contribution in [3.05, 3.63) is 11.1 Å². The first kappa shape index (κ1) is 16.5. The zero-order chi connectivity index (χ0) is 19.6. The predicted molar refractivity (Wildman–Crippen MR) is 94.8 cm³/mol. The Labute approximate surface area is 163 Å². The molecule has 6 heteroatoms. The van der Waals surface area contributed by atoms with Crippen LogP contribution >= 0.6 is 0 Å². The van der Waals surface area contributed by atoms with Gasteiger partial charge in [0.2, 0.25) is 0 Å². The molecule has 9 atom stereocenters. The highest BCUT2D eigenvalue weighted by molar-refractivity contribution is 6.02. The average molecular weight is 386 g/mol. The van der Waals surface area contributed by atoms with Gasteiger partial charge in [0.05, 0.1) is 12.2 Å². The molecule has 0 unspecified atom stereocenters. The van der Waals surface area contributed by atoms with Gasteiger partial charge in [0, 0.05) is 27.9 Å². The second-order valence-corrected chi connectivity index (χ2v) is 11.0. The molecule has 0 amide bonds. The molecule has 150 valence electrons. The normalized spacial score (nSPS) is 62.2. The standard InChI is InChI=1S/C22H26O6/c1-9(2)21-15(28-21)12-7-20(12)18(3)5-4-10-13(8-27-16(10)24)22(18,26)14(23)11-6-19(11,20)17(21)25/h9,11-12,14-15,23,26H,4-8H2,1-3H3/t11-,12-,14-,15-,18+,19-,20-,21-,22-/m0/s1. The number of carbonyl (C=O) groups is 2. The lowest BCUT2D eigenvalue weighted by molar-refractivity contribution is -0.221. The van der Waals surface area contributed by atoms with Crippen LogP contribution < -0.4 is 0 Å². The molecule has 4 saturated carbocycles. The molecule has 0 bridgehead atoms. The van der Waals surface area contributed by atoms with Crippen LogP contribution in [-0.4, -0.2) is 52.0 Å². The van der Waals surface area contributed by atoms with Crippen molar-refractivity contribution >= 4 is 11.8 Å². The molecular formula is C22H26O6. The molecule has 2 heterocycles. The van der Waals surface area contributed by atoms with E-state index in [1.165, 1.54) is 0 Å². The van der Waals surface area contributed by atoms with E-state index in [1.54, 1.807) is 0 Å². The molecule has 0 aromatic heterocycles. The average Bonchev–Trinajstić information content (AvgIpc) is 3.54. The first-order chi connectivity index (χ1) is 13.1. The summed E-state index contributed by atoms with van der Waals surface area (Å²) in [4.78, 5) is 26.1. The largest absolute Gasteiger partial charge is 0.458 e. The number of rotatable bonds is 1. The monoisotopic (exact) mass is 386 g/mol. The molecule has 28 heavy (non-hydrogen) atoms. The summed E-state index contributed by atoms with van der Waals surface area (Å²) in [5.74, 6) is -0.0708. The molecule has 2 aliphatic heterocycles. The fraction of sp³-hybridized carbons (Fsp3) is 0.818. The molecule has 0 radical (unpaired) electrons. The molecule has 6 nitrogen and oxygen atoms in total. The minimum atomic E-state index is -1.50. The van der Waals surface area contributed by atoms with Gasteiger partial charge in [-0.25, -0.2) is 4.79 Å². The Bertz CT molecular complexity index is 937. The van der Waals surface area contributed by atoms with Gasteiger partial charge < -0.3 is 19.7 Å². The number of hydrogen-bond donors (Lipinski definition) is 2. The van der Waals surface area contributed by atoms with Crippen molar-refractivity contribution in [3.8, 4) is 0 Å². The van der Waals surface area contributed by atoms with Crippen LogP contribution in [0.2, 0.25) is 0 Å². The highest BCUT2D eigenvalue weighted by atomic mass is 16.6. The van der Waals surface area contributed by atoms with E-state index in [4.69, 9.17) is 9.47 Å². The quantitative estimate of drug-likeness (QED) is 0.518. The first-order valence-corrected chi connectivity index (χ1v) is 10.7. The number of epoxide rings is 1. The number of esters is 1. The fourth-order valence-corrected chi connectivity index (χ4v) is 9.04. The third-order valence-electron chi connectivity index (χ3n) is 10.4. The Balaban J connectivity index is 1.46. The summed E-state index contributed by atoms with van der Waals surface area (Å²) in [6, 6.07) is 0. The zero-order valence-electron chi connectivity index (χ0n) is 16.4. The lowest BCUT2D eigenvalue weighted by Gasteiger charge is -2.62. The van der Waals surface area contributed by atoms with Crippen LogP contribution in [0.5, 0.6) is 0 Å². The van der Waals surface area contributed by atoms with E-state index in [9.17, 15) is 19.8 Å². The van der Waals surface area contributed by atoms with E-state index in [1.807, 2.05) is 0 Å². The number of cyclic esters (lactones) is 1. The van der Waals surface area contributed by atoms with Crippen LogP contribution in [0.25, 0.3) is 0 Å². The van der Waals surface area contributed by atoms with Crippen molar-refractivity contribution in [3.63, 3.8) is 0 Å². The summed E-state index contributed by atoms with van der Waals surface area (Å²) < 4.78 is 11.4. The van der Waals surface area contributed by atoms with Crippen LogP contribution in [-0.2, 0) is 19.1 Å². The van der Waals surface area contributed by atoms with Crippen molar-refractivity contribution in [1.29, 1.82) is 0 Å². The van der Waals surface area contributed by atoms with Crippen LogP contribution in [0, 0.1) is 34.0 Å². The highest BCUT2D eigenvalue weighted by Crippen LogP contribution is 2.94. The molecule has 1 saturated heterocycles. The molecule has 0 aromatic carbocycles. The van der Waals surface area contributed by atoms with Gasteiger partial charge in [0.1, 0.15) is 12.2 Å². The maximum Gasteiger partial charge on any atom is 0.334 e. The van der Waals surface area contributed by atoms with E-state index in [-0.39, 0.29) is 47.6 Å². The molecular weight excluding hydrogens is 360 g/mol. The third kappa shape index (κ3) is 1.16. The maximum atomic E-state index is 13.9. The SMILES string of the molecule is CC(C)[C@]12O[C@H]1[C@@H]1C[C@@]13[C@@]1(C)CCC4=C(COC4=O)[C@]1(O)[C@@H](O)[C@@H]1C[C@@]13C2=O. The van der Waals surface area contributed by atoms with E-state index >= 15 is 0 Å². The summed E-state index contributed by atoms with van der Waals surface area (Å²) in [5.41, 5.74) is -2.63. The van der Waals surface area contributed by atoms with Gasteiger partial charge in [-0.2, -0.15) is 0 Å². The second kappa shape index (κ2) is 4.01. The number of fused-ring (bicyclic) bond motifs is 4. The molecule has 5 fully saturated rings. The fourth-order valence-electron chi connectivity index (χ4n) is 9.04. The Kier molecular flexibility index (Phi) is 2.37. The van der Waals surface area contributed by atoms with E-state index < -0.39 is 28.1 Å². The summed E-state index contributed by atoms with van der Waals surface area (Å²) in [6.45, 7) is 6.22. The predicted octanol–water partition coefficient (Wildman–Crippen LogP) is 1.13. The summed E-state index contributed by atoms with van der Waals surface area (Å²) in [6.07, 6.45) is 1.53. The summed E-state index contributed by atoms with van der Waals surface area (Å²) in [7, 11) is 0. The smallest absolute Gasteiger partial charge is 0.334 e. The number of Topliss-reactive ketones (excluding diaryl/α,β-unsaturated/α-hetero) is 1. The molecule has 0 aromatic rings. The van der Waals surface area contributed by atoms with Gasteiger partial charge in [0.15, 0.2) is 11.4 Å². The van der Waals surface area contributed by atoms with Gasteiger partial charge in [-0.1, -0.05) is 20.8 Å². The van der Waals surface area contributed by atoms with Gasteiger partial charge in [-0.15, -0.1) is 0 Å². The highest BCUT2D eigenvalue weighted by Gasteiger charge is 2.99. The third-order valence-corrected chi connectivity index (χ3v) is 10.4. The molecule has 7 aliphatic rings. The Morgan fingerprint density at radius 1 is 1.18 bits per heavy atom. The second-order valence-electron chi connectivity index (χ2n) is 11.0. The number of ketones is 1. The number of aliphatic hydroxyl groups excluding tert-OH is 1.